The van der Waals surface area contributed by atoms with Crippen LogP contribution in [0, 0.1) is 6.92 Å². The molecule has 1 heterocycles. The third kappa shape index (κ3) is 1.38. The van der Waals surface area contributed by atoms with Gasteiger partial charge in [0.1, 0.15) is 0 Å². The molecule has 0 radical (unpaired) electrons. The molecule has 4 nitrogen and oxygen atoms in total. The standard InChI is InChI=1S/C9H9N3O/c1-6-2-3-7-8(4-6)12-9(11-7)10-5-13/h2-5H,1H3,(H2,10,11,12,13). The highest BCUT2D eigenvalue weighted by Crippen LogP contribution is 2.14. The summed E-state index contributed by atoms with van der Waals surface area (Å²) in [6.07, 6.45) is 0.602. The lowest BCUT2D eigenvalue weighted by atomic mass is 10.2. The molecule has 0 bridgehead atoms. The van der Waals surface area contributed by atoms with Crippen LogP contribution in [-0.2, 0) is 4.79 Å². The zero-order chi connectivity index (χ0) is 9.26. The Morgan fingerprint density at radius 2 is 2.38 bits per heavy atom. The molecule has 1 amide bonds. The molecule has 0 saturated carbocycles. The maximum Gasteiger partial charge on any atom is 0.213 e. The van der Waals surface area contributed by atoms with Gasteiger partial charge < -0.3 is 4.98 Å². The minimum Gasteiger partial charge on any atom is -0.324 e. The molecule has 0 aliphatic rings. The zero-order valence-corrected chi connectivity index (χ0v) is 7.16. The van der Waals surface area contributed by atoms with Crippen molar-refractivity contribution in [3.63, 3.8) is 0 Å². The van der Waals surface area contributed by atoms with Gasteiger partial charge in [0.2, 0.25) is 12.4 Å². The third-order valence-electron chi connectivity index (χ3n) is 1.83. The average Bonchev–Trinajstić information content (AvgIpc) is 2.46. The Hall–Kier alpha value is -1.84. The summed E-state index contributed by atoms with van der Waals surface area (Å²) in [5.74, 6) is 0.482. The Bertz CT molecular complexity index is 447. The minimum atomic E-state index is 0.482. The van der Waals surface area contributed by atoms with Gasteiger partial charge in [0.15, 0.2) is 0 Å². The topological polar surface area (TPSA) is 57.8 Å². The molecule has 2 aromatic rings. The monoisotopic (exact) mass is 175 g/mol. The van der Waals surface area contributed by atoms with Crippen LogP contribution in [0.5, 0.6) is 0 Å². The van der Waals surface area contributed by atoms with E-state index in [9.17, 15) is 4.79 Å². The SMILES string of the molecule is Cc1ccc2nc(NC=O)[nH]c2c1. The predicted molar refractivity (Wildman–Crippen MR) is 50.5 cm³/mol. The molecule has 0 atom stereocenters. The number of fused-ring (bicyclic) bond motifs is 1. The number of rotatable bonds is 2. The molecular formula is C9H9N3O. The van der Waals surface area contributed by atoms with E-state index in [4.69, 9.17) is 0 Å². The number of nitrogens with zero attached hydrogens (tertiary/aromatic N) is 1. The van der Waals surface area contributed by atoms with E-state index in [0.717, 1.165) is 16.6 Å². The van der Waals surface area contributed by atoms with Gasteiger partial charge in [0, 0.05) is 0 Å². The van der Waals surface area contributed by atoms with Crippen LogP contribution in [0.15, 0.2) is 18.2 Å². The van der Waals surface area contributed by atoms with Crippen LogP contribution in [0.25, 0.3) is 11.0 Å². The van der Waals surface area contributed by atoms with Crippen LogP contribution in [0.1, 0.15) is 5.56 Å². The summed E-state index contributed by atoms with van der Waals surface area (Å²) in [6.45, 7) is 2.01. The summed E-state index contributed by atoms with van der Waals surface area (Å²) in [6, 6.07) is 5.88. The zero-order valence-electron chi connectivity index (χ0n) is 7.16. The van der Waals surface area contributed by atoms with Gasteiger partial charge in [-0.05, 0) is 24.6 Å². The maximum atomic E-state index is 10.1. The lowest BCUT2D eigenvalue weighted by Gasteiger charge is -1.89. The number of carbonyl (C=O) groups excluding carboxylic acids is 1. The van der Waals surface area contributed by atoms with Gasteiger partial charge in [0.25, 0.3) is 0 Å². The van der Waals surface area contributed by atoms with E-state index in [-0.39, 0.29) is 0 Å². The Morgan fingerprint density at radius 3 is 3.15 bits per heavy atom. The van der Waals surface area contributed by atoms with Crippen LogP contribution in [0.2, 0.25) is 0 Å². The first-order valence-corrected chi connectivity index (χ1v) is 3.96. The molecule has 0 aliphatic heterocycles. The number of amides is 1. The lowest BCUT2D eigenvalue weighted by molar-refractivity contribution is -0.105. The van der Waals surface area contributed by atoms with Crippen molar-refractivity contribution in [1.82, 2.24) is 9.97 Å². The number of imidazole rings is 1. The number of hydrogen-bond donors (Lipinski definition) is 2. The number of anilines is 1. The molecule has 13 heavy (non-hydrogen) atoms. The molecule has 4 heteroatoms. The fourth-order valence-electron chi connectivity index (χ4n) is 1.25. The van der Waals surface area contributed by atoms with Gasteiger partial charge >= 0.3 is 0 Å². The van der Waals surface area contributed by atoms with Crippen molar-refractivity contribution in [2.45, 2.75) is 6.92 Å². The number of carbonyl (C=O) groups is 1. The van der Waals surface area contributed by atoms with Gasteiger partial charge in [-0.25, -0.2) is 4.98 Å². The summed E-state index contributed by atoms with van der Waals surface area (Å²) in [7, 11) is 0. The quantitative estimate of drug-likeness (QED) is 0.678. The normalized spacial score (nSPS) is 10.2. The van der Waals surface area contributed by atoms with E-state index >= 15 is 0 Å². The number of nitrogens with one attached hydrogen (secondary N) is 2. The lowest BCUT2D eigenvalue weighted by Crippen LogP contribution is -1.94. The summed E-state index contributed by atoms with van der Waals surface area (Å²) in [5.41, 5.74) is 2.95. The van der Waals surface area contributed by atoms with Crippen molar-refractivity contribution in [3.05, 3.63) is 23.8 Å². The van der Waals surface area contributed by atoms with E-state index < -0.39 is 0 Å². The number of aromatic amines is 1. The van der Waals surface area contributed by atoms with Gasteiger partial charge in [0.05, 0.1) is 11.0 Å². The molecule has 1 aromatic heterocycles. The Morgan fingerprint density at radius 1 is 1.54 bits per heavy atom. The fraction of sp³-hybridized carbons (Fsp3) is 0.111. The van der Waals surface area contributed by atoms with Crippen molar-refractivity contribution >= 4 is 23.4 Å². The second kappa shape index (κ2) is 2.90. The molecule has 0 unspecified atom stereocenters. The van der Waals surface area contributed by atoms with Crippen LogP contribution >= 0.6 is 0 Å². The Balaban J connectivity index is 2.55. The Labute approximate surface area is 75.0 Å². The fourth-order valence-corrected chi connectivity index (χ4v) is 1.25. The van der Waals surface area contributed by atoms with Crippen LogP contribution < -0.4 is 5.32 Å². The molecule has 0 spiro atoms. The molecule has 2 rings (SSSR count). The smallest absolute Gasteiger partial charge is 0.213 e. The summed E-state index contributed by atoms with van der Waals surface area (Å²) in [5, 5.41) is 2.47. The number of hydrogen-bond acceptors (Lipinski definition) is 2. The van der Waals surface area contributed by atoms with Crippen LogP contribution in [0.3, 0.4) is 0 Å². The van der Waals surface area contributed by atoms with Crippen LogP contribution in [0.4, 0.5) is 5.95 Å². The van der Waals surface area contributed by atoms with Crippen molar-refractivity contribution < 1.29 is 4.79 Å². The molecule has 2 N–H and O–H groups in total. The molecule has 0 fully saturated rings. The maximum absolute atomic E-state index is 10.1. The van der Waals surface area contributed by atoms with Crippen molar-refractivity contribution in [3.8, 4) is 0 Å². The predicted octanol–water partition coefficient (Wildman–Crippen LogP) is 1.44. The second-order valence-electron chi connectivity index (χ2n) is 2.87. The van der Waals surface area contributed by atoms with E-state index in [1.807, 2.05) is 25.1 Å². The molecule has 1 aromatic carbocycles. The van der Waals surface area contributed by atoms with E-state index in [0.29, 0.717) is 12.4 Å². The second-order valence-corrected chi connectivity index (χ2v) is 2.87. The average molecular weight is 175 g/mol. The van der Waals surface area contributed by atoms with Crippen molar-refractivity contribution in [1.29, 1.82) is 0 Å². The van der Waals surface area contributed by atoms with Crippen LogP contribution in [-0.4, -0.2) is 16.4 Å². The molecule has 0 aliphatic carbocycles. The first-order valence-electron chi connectivity index (χ1n) is 3.96. The highest BCUT2D eigenvalue weighted by molar-refractivity contribution is 5.80. The van der Waals surface area contributed by atoms with Gasteiger partial charge in [-0.1, -0.05) is 6.07 Å². The first kappa shape index (κ1) is 7.79. The third-order valence-corrected chi connectivity index (χ3v) is 1.83. The van der Waals surface area contributed by atoms with Crippen molar-refractivity contribution in [2.75, 3.05) is 5.32 Å². The number of H-pyrrole nitrogens is 1. The highest BCUT2D eigenvalue weighted by atomic mass is 16.1. The van der Waals surface area contributed by atoms with Gasteiger partial charge in [-0.2, -0.15) is 0 Å². The summed E-state index contributed by atoms with van der Waals surface area (Å²) in [4.78, 5) is 17.3. The number of benzene rings is 1. The summed E-state index contributed by atoms with van der Waals surface area (Å²) < 4.78 is 0. The molecular weight excluding hydrogens is 166 g/mol. The highest BCUT2D eigenvalue weighted by Gasteiger charge is 2.00. The van der Waals surface area contributed by atoms with E-state index in [1.54, 1.807) is 0 Å². The molecule has 66 valence electrons. The van der Waals surface area contributed by atoms with Gasteiger partial charge in [-0.15, -0.1) is 0 Å². The number of aryl methyl sites for hydroxylation is 1. The largest absolute Gasteiger partial charge is 0.324 e. The van der Waals surface area contributed by atoms with Crippen molar-refractivity contribution in [2.24, 2.45) is 0 Å². The summed E-state index contributed by atoms with van der Waals surface area (Å²) >= 11 is 0. The van der Waals surface area contributed by atoms with E-state index in [2.05, 4.69) is 15.3 Å². The number of aromatic nitrogens is 2. The van der Waals surface area contributed by atoms with E-state index in [1.165, 1.54) is 0 Å². The Kier molecular flexibility index (Phi) is 1.73. The first-order chi connectivity index (χ1) is 6.29. The van der Waals surface area contributed by atoms with Gasteiger partial charge in [-0.3, -0.25) is 10.1 Å². The molecule has 0 saturated heterocycles. The minimum absolute atomic E-state index is 0.482.